The molecule has 2 aromatic heterocycles. The van der Waals surface area contributed by atoms with E-state index in [1.54, 1.807) is 30.3 Å². The van der Waals surface area contributed by atoms with Crippen molar-refractivity contribution in [1.82, 2.24) is 15.5 Å². The van der Waals surface area contributed by atoms with Crippen LogP contribution in [0.5, 0.6) is 11.5 Å². The fraction of sp³-hybridized carbons (Fsp3) is 0.238. The zero-order chi connectivity index (χ0) is 22.6. The van der Waals surface area contributed by atoms with Crippen molar-refractivity contribution in [1.29, 1.82) is 0 Å². The molecule has 0 bridgehead atoms. The smallest absolute Gasteiger partial charge is 0.324 e. The molecule has 1 aromatic carbocycles. The highest BCUT2D eigenvalue weighted by atomic mass is 35.5. The van der Waals surface area contributed by atoms with E-state index in [-0.39, 0.29) is 22.0 Å². The third-order valence-corrected chi connectivity index (χ3v) is 4.42. The first-order valence-electron chi connectivity index (χ1n) is 9.36. The number of nitrogens with zero attached hydrogens (tertiary/aromatic N) is 2. The van der Waals surface area contributed by atoms with Crippen molar-refractivity contribution in [2.24, 2.45) is 0 Å². The van der Waals surface area contributed by atoms with E-state index in [4.69, 9.17) is 20.9 Å². The standard InChI is InChI=1S/C21H22ClN5O4/c1-21(2,3)17-11-18(27-31-17)26-20(29)25-15-6-5-12(9-14(15)22)30-13-7-8-24-16(10-13)19(28)23-4/h5-11H,1-4H3,(H,23,28)(H2,25,26,27,29). The number of amides is 3. The molecule has 3 amide bonds. The van der Waals surface area contributed by atoms with Crippen LogP contribution in [0.25, 0.3) is 0 Å². The maximum atomic E-state index is 12.3. The largest absolute Gasteiger partial charge is 0.457 e. The molecule has 3 N–H and O–H groups in total. The highest BCUT2D eigenvalue weighted by Gasteiger charge is 2.20. The van der Waals surface area contributed by atoms with Gasteiger partial charge in [0.25, 0.3) is 5.91 Å². The number of rotatable bonds is 5. The fourth-order valence-electron chi connectivity index (χ4n) is 2.48. The normalized spacial score (nSPS) is 11.0. The van der Waals surface area contributed by atoms with Gasteiger partial charge in [0, 0.05) is 36.9 Å². The molecule has 0 saturated carbocycles. The van der Waals surface area contributed by atoms with Gasteiger partial charge < -0.3 is 19.9 Å². The number of hydrogen-bond donors (Lipinski definition) is 3. The van der Waals surface area contributed by atoms with Gasteiger partial charge in [0.05, 0.1) is 10.7 Å². The van der Waals surface area contributed by atoms with Gasteiger partial charge in [0.1, 0.15) is 23.0 Å². The Bertz CT molecular complexity index is 1110. The molecule has 0 spiro atoms. The van der Waals surface area contributed by atoms with Crippen molar-refractivity contribution in [2.45, 2.75) is 26.2 Å². The highest BCUT2D eigenvalue weighted by molar-refractivity contribution is 6.34. The third kappa shape index (κ3) is 5.73. The topological polar surface area (TPSA) is 118 Å². The zero-order valence-electron chi connectivity index (χ0n) is 17.4. The van der Waals surface area contributed by atoms with E-state index in [2.05, 4.69) is 26.1 Å². The molecular formula is C21H22ClN5O4. The summed E-state index contributed by atoms with van der Waals surface area (Å²) in [5.41, 5.74) is 0.383. The lowest BCUT2D eigenvalue weighted by Gasteiger charge is -2.12. The minimum absolute atomic E-state index is 0.224. The molecule has 0 unspecified atom stereocenters. The zero-order valence-corrected chi connectivity index (χ0v) is 18.2. The van der Waals surface area contributed by atoms with Gasteiger partial charge in [0.2, 0.25) is 0 Å². The monoisotopic (exact) mass is 443 g/mol. The summed E-state index contributed by atoms with van der Waals surface area (Å²) in [7, 11) is 1.52. The number of urea groups is 1. The van der Waals surface area contributed by atoms with Crippen LogP contribution >= 0.6 is 11.6 Å². The Morgan fingerprint density at radius 3 is 2.45 bits per heavy atom. The van der Waals surface area contributed by atoms with Gasteiger partial charge in [-0.25, -0.2) is 4.79 Å². The average molecular weight is 444 g/mol. The lowest BCUT2D eigenvalue weighted by Crippen LogP contribution is -2.19. The molecule has 3 rings (SSSR count). The van der Waals surface area contributed by atoms with Crippen LogP contribution in [0.3, 0.4) is 0 Å². The van der Waals surface area contributed by atoms with Crippen LogP contribution < -0.4 is 20.7 Å². The number of hydrogen-bond acceptors (Lipinski definition) is 6. The van der Waals surface area contributed by atoms with Crippen LogP contribution in [0.2, 0.25) is 5.02 Å². The predicted octanol–water partition coefficient (Wildman–Crippen LogP) is 4.82. The number of carbonyl (C=O) groups is 2. The summed E-state index contributed by atoms with van der Waals surface area (Å²) in [5.74, 6) is 1.47. The van der Waals surface area contributed by atoms with Gasteiger partial charge in [-0.15, -0.1) is 0 Å². The van der Waals surface area contributed by atoms with E-state index in [9.17, 15) is 9.59 Å². The van der Waals surface area contributed by atoms with E-state index >= 15 is 0 Å². The molecular weight excluding hydrogens is 422 g/mol. The summed E-state index contributed by atoms with van der Waals surface area (Å²) < 4.78 is 11.0. The van der Waals surface area contributed by atoms with Gasteiger partial charge in [-0.2, -0.15) is 0 Å². The number of aromatic nitrogens is 2. The summed E-state index contributed by atoms with van der Waals surface area (Å²) in [5, 5.41) is 11.9. The second-order valence-electron chi connectivity index (χ2n) is 7.61. The van der Waals surface area contributed by atoms with Crippen molar-refractivity contribution >= 4 is 35.0 Å². The third-order valence-electron chi connectivity index (χ3n) is 4.11. The Hall–Kier alpha value is -3.59. The summed E-state index contributed by atoms with van der Waals surface area (Å²) in [4.78, 5) is 27.9. The lowest BCUT2D eigenvalue weighted by atomic mass is 9.93. The number of ether oxygens (including phenoxy) is 1. The number of benzene rings is 1. The van der Waals surface area contributed by atoms with Crippen LogP contribution in [0.15, 0.2) is 47.1 Å². The Morgan fingerprint density at radius 1 is 1.06 bits per heavy atom. The van der Waals surface area contributed by atoms with Gasteiger partial charge >= 0.3 is 6.03 Å². The molecule has 0 aliphatic heterocycles. The fourth-order valence-corrected chi connectivity index (χ4v) is 2.70. The maximum Gasteiger partial charge on any atom is 0.324 e. The molecule has 0 aliphatic carbocycles. The Labute approximate surface area is 184 Å². The van der Waals surface area contributed by atoms with Crippen molar-refractivity contribution in [3.63, 3.8) is 0 Å². The first kappa shape index (κ1) is 22.1. The Balaban J connectivity index is 1.65. The number of nitrogens with one attached hydrogen (secondary N) is 3. The van der Waals surface area contributed by atoms with Crippen molar-refractivity contribution in [3.05, 3.63) is 59.1 Å². The van der Waals surface area contributed by atoms with Gasteiger partial charge in [-0.3, -0.25) is 15.1 Å². The van der Waals surface area contributed by atoms with E-state index in [1.807, 2.05) is 20.8 Å². The molecule has 162 valence electrons. The lowest BCUT2D eigenvalue weighted by molar-refractivity contribution is 0.0958. The van der Waals surface area contributed by atoms with Crippen LogP contribution in [-0.4, -0.2) is 29.1 Å². The van der Waals surface area contributed by atoms with E-state index < -0.39 is 6.03 Å². The number of anilines is 2. The first-order valence-corrected chi connectivity index (χ1v) is 9.74. The van der Waals surface area contributed by atoms with Crippen LogP contribution in [0.4, 0.5) is 16.3 Å². The molecule has 0 aliphatic rings. The van der Waals surface area contributed by atoms with E-state index in [1.165, 1.54) is 19.3 Å². The molecule has 9 nitrogen and oxygen atoms in total. The molecule has 0 fully saturated rings. The quantitative estimate of drug-likeness (QED) is 0.520. The van der Waals surface area contributed by atoms with Gasteiger partial charge in [-0.05, 0) is 18.2 Å². The summed E-state index contributed by atoms with van der Waals surface area (Å²) in [6, 6.07) is 9.05. The molecule has 10 heteroatoms. The number of halogens is 1. The molecule has 0 radical (unpaired) electrons. The summed E-state index contributed by atoms with van der Waals surface area (Å²) in [6.07, 6.45) is 1.47. The van der Waals surface area contributed by atoms with Crippen LogP contribution in [0.1, 0.15) is 37.0 Å². The van der Waals surface area contributed by atoms with Crippen LogP contribution in [0, 0.1) is 0 Å². The van der Waals surface area contributed by atoms with Crippen molar-refractivity contribution < 1.29 is 18.8 Å². The summed E-state index contributed by atoms with van der Waals surface area (Å²) >= 11 is 6.28. The average Bonchev–Trinajstić information content (AvgIpc) is 3.18. The maximum absolute atomic E-state index is 12.3. The minimum atomic E-state index is -0.520. The SMILES string of the molecule is CNC(=O)c1cc(Oc2ccc(NC(=O)Nc3cc(C(C)(C)C)on3)c(Cl)c2)ccn1. The van der Waals surface area contributed by atoms with Gasteiger partial charge in [-0.1, -0.05) is 37.5 Å². The van der Waals surface area contributed by atoms with Crippen molar-refractivity contribution in [3.8, 4) is 11.5 Å². The Morgan fingerprint density at radius 2 is 1.81 bits per heavy atom. The molecule has 0 atom stereocenters. The second-order valence-corrected chi connectivity index (χ2v) is 8.01. The minimum Gasteiger partial charge on any atom is -0.457 e. The molecule has 3 aromatic rings. The van der Waals surface area contributed by atoms with Crippen LogP contribution in [-0.2, 0) is 5.41 Å². The van der Waals surface area contributed by atoms with Gasteiger partial charge in [0.15, 0.2) is 5.82 Å². The number of carbonyl (C=O) groups excluding carboxylic acids is 2. The first-order chi connectivity index (χ1) is 14.7. The van der Waals surface area contributed by atoms with Crippen molar-refractivity contribution in [2.75, 3.05) is 17.7 Å². The molecule has 2 heterocycles. The highest BCUT2D eigenvalue weighted by Crippen LogP contribution is 2.30. The summed E-state index contributed by atoms with van der Waals surface area (Å²) in [6.45, 7) is 5.93. The van der Waals surface area contributed by atoms with E-state index in [0.29, 0.717) is 28.8 Å². The van der Waals surface area contributed by atoms with E-state index in [0.717, 1.165) is 0 Å². The predicted molar refractivity (Wildman–Crippen MR) is 117 cm³/mol. The Kier molecular flexibility index (Phi) is 6.45. The second kappa shape index (κ2) is 9.05. The molecule has 31 heavy (non-hydrogen) atoms. The number of pyridine rings is 1. The molecule has 0 saturated heterocycles.